The first-order valence-corrected chi connectivity index (χ1v) is 12.9. The Balaban J connectivity index is 0.000000581. The van der Waals surface area contributed by atoms with Crippen molar-refractivity contribution in [3.8, 4) is 16.9 Å². The molecule has 0 radical (unpaired) electrons. The van der Waals surface area contributed by atoms with Crippen LogP contribution in [0.2, 0.25) is 0 Å². The summed E-state index contributed by atoms with van der Waals surface area (Å²) < 4.78 is 33.8. The molecule has 11 nitrogen and oxygen atoms in total. The van der Waals surface area contributed by atoms with Crippen LogP contribution in [0.25, 0.3) is 21.3 Å². The molecule has 1 aliphatic heterocycles. The molecular weight excluding hydrogens is 510 g/mol. The summed E-state index contributed by atoms with van der Waals surface area (Å²) in [6.07, 6.45) is 7.77. The predicted molar refractivity (Wildman–Crippen MR) is 134 cm³/mol. The third kappa shape index (κ3) is 6.01. The van der Waals surface area contributed by atoms with Gasteiger partial charge in [-0.1, -0.05) is 0 Å². The molecule has 5 rings (SSSR count). The number of aromatic nitrogens is 4. The van der Waals surface area contributed by atoms with Crippen LogP contribution < -0.4 is 20.3 Å². The molecule has 0 amide bonds. The third-order valence-electron chi connectivity index (χ3n) is 5.65. The first-order valence-electron chi connectivity index (χ1n) is 11.0. The maximum absolute atomic E-state index is 13.7. The Bertz CT molecular complexity index is 1370. The zero-order valence-corrected chi connectivity index (χ0v) is 21.2. The first-order chi connectivity index (χ1) is 17.4. The van der Waals surface area contributed by atoms with Crippen molar-refractivity contribution in [3.63, 3.8) is 0 Å². The largest absolute Gasteiger partial charge is 0.565 e. The van der Waals surface area contributed by atoms with Gasteiger partial charge in [0.1, 0.15) is 11.6 Å². The van der Waals surface area contributed by atoms with Gasteiger partial charge < -0.3 is 20.3 Å². The van der Waals surface area contributed by atoms with Gasteiger partial charge >= 0.3 is 8.25 Å². The van der Waals surface area contributed by atoms with E-state index in [2.05, 4.69) is 25.4 Å². The van der Waals surface area contributed by atoms with Gasteiger partial charge in [0.25, 0.3) is 0 Å². The number of fused-ring (bicyclic) bond motifs is 1. The predicted octanol–water partition coefficient (Wildman–Crippen LogP) is 4.42. The van der Waals surface area contributed by atoms with E-state index >= 15 is 0 Å². The molecule has 1 atom stereocenters. The van der Waals surface area contributed by atoms with E-state index in [9.17, 15) is 4.39 Å². The van der Waals surface area contributed by atoms with Crippen molar-refractivity contribution in [1.29, 1.82) is 0 Å². The average molecular weight is 537 g/mol. The van der Waals surface area contributed by atoms with Crippen LogP contribution in [-0.2, 0) is 9.24 Å². The van der Waals surface area contributed by atoms with Crippen molar-refractivity contribution in [2.45, 2.75) is 25.8 Å². The van der Waals surface area contributed by atoms with Gasteiger partial charge in [-0.25, -0.2) is 19.6 Å². The van der Waals surface area contributed by atoms with Crippen molar-refractivity contribution in [2.75, 3.05) is 25.5 Å². The molecule has 1 fully saturated rings. The van der Waals surface area contributed by atoms with E-state index in [4.69, 9.17) is 24.4 Å². The number of anilines is 2. The summed E-state index contributed by atoms with van der Waals surface area (Å²) in [6, 6.07) is 4.99. The molecule has 192 valence electrons. The van der Waals surface area contributed by atoms with E-state index in [1.165, 1.54) is 12.1 Å². The van der Waals surface area contributed by atoms with Gasteiger partial charge in [0.15, 0.2) is 0 Å². The fourth-order valence-electron chi connectivity index (χ4n) is 4.06. The Hall–Kier alpha value is -3.06. The summed E-state index contributed by atoms with van der Waals surface area (Å²) in [4.78, 5) is 19.3. The summed E-state index contributed by atoms with van der Waals surface area (Å²) in [7, 11) is -1.50. The SMILES string of the molecule is COc1cc(F)ccc1-c1c(C)sc2cnc(Nc3cnn(C4CCNCC4)c3)nc12.O=[P+]([O-])OO.[HH]. The fraction of sp³-hybridized carbons (Fsp3) is 0.318. The number of halogens is 1. The van der Waals surface area contributed by atoms with E-state index in [0.717, 1.165) is 57.8 Å². The van der Waals surface area contributed by atoms with Crippen molar-refractivity contribution in [1.82, 2.24) is 25.1 Å². The molecule has 1 unspecified atom stereocenters. The lowest BCUT2D eigenvalue weighted by Crippen LogP contribution is -2.29. The fourth-order valence-corrected chi connectivity index (χ4v) is 5.05. The summed E-state index contributed by atoms with van der Waals surface area (Å²) in [5, 5.41) is 18.2. The Morgan fingerprint density at radius 2 is 2.11 bits per heavy atom. The zero-order chi connectivity index (χ0) is 25.7. The van der Waals surface area contributed by atoms with Crippen LogP contribution in [0.3, 0.4) is 0 Å². The molecular formula is C22H26FN6O5PS. The number of hydrogen-bond acceptors (Lipinski definition) is 11. The summed E-state index contributed by atoms with van der Waals surface area (Å²) in [5.41, 5.74) is 3.42. The Morgan fingerprint density at radius 3 is 2.81 bits per heavy atom. The van der Waals surface area contributed by atoms with Gasteiger partial charge in [-0.3, -0.25) is 4.68 Å². The number of aryl methyl sites for hydroxylation is 1. The maximum atomic E-state index is 13.7. The Morgan fingerprint density at radius 1 is 1.36 bits per heavy atom. The van der Waals surface area contributed by atoms with Gasteiger partial charge in [0.05, 0.1) is 41.4 Å². The van der Waals surface area contributed by atoms with E-state index in [-0.39, 0.29) is 7.24 Å². The number of nitrogens with one attached hydrogen (secondary N) is 2. The lowest BCUT2D eigenvalue weighted by atomic mass is 10.0. The van der Waals surface area contributed by atoms with Gasteiger partial charge in [-0.05, 0) is 49.6 Å². The Kier molecular flexibility index (Phi) is 8.52. The smallest absolute Gasteiger partial charge is 0.521 e. The molecule has 1 aromatic carbocycles. The molecule has 0 aliphatic carbocycles. The summed E-state index contributed by atoms with van der Waals surface area (Å²) in [5.74, 6) is 0.650. The number of piperidine rings is 1. The molecule has 0 bridgehead atoms. The highest BCUT2D eigenvalue weighted by atomic mass is 32.1. The van der Waals surface area contributed by atoms with Crippen LogP contribution in [0.15, 0.2) is 36.8 Å². The number of thiophene rings is 1. The molecule has 4 aromatic rings. The number of ether oxygens (including phenoxy) is 1. The van der Waals surface area contributed by atoms with Gasteiger partial charge in [-0.2, -0.15) is 5.10 Å². The summed E-state index contributed by atoms with van der Waals surface area (Å²) >= 11 is 1.61. The number of methoxy groups -OCH3 is 1. The van der Waals surface area contributed by atoms with Crippen LogP contribution in [0.5, 0.6) is 5.75 Å². The Labute approximate surface area is 212 Å². The average Bonchev–Trinajstić information content (AvgIpc) is 3.48. The molecule has 1 aliphatic rings. The van der Waals surface area contributed by atoms with E-state index in [1.54, 1.807) is 30.7 Å². The minimum atomic E-state index is -3.04. The van der Waals surface area contributed by atoms with Crippen LogP contribution in [0.4, 0.5) is 16.0 Å². The zero-order valence-electron chi connectivity index (χ0n) is 19.5. The van der Waals surface area contributed by atoms with Gasteiger partial charge in [-0.15, -0.1) is 11.3 Å². The number of rotatable bonds is 6. The van der Waals surface area contributed by atoms with E-state index in [0.29, 0.717) is 17.7 Å². The monoisotopic (exact) mass is 536 g/mol. The topological polar surface area (TPSA) is 146 Å². The molecule has 3 aromatic heterocycles. The van der Waals surface area contributed by atoms with Crippen molar-refractivity contribution >= 4 is 41.4 Å². The van der Waals surface area contributed by atoms with Crippen LogP contribution in [0, 0.1) is 12.7 Å². The second-order valence-electron chi connectivity index (χ2n) is 7.90. The van der Waals surface area contributed by atoms with Gasteiger partial charge in [0.2, 0.25) is 5.95 Å². The lowest BCUT2D eigenvalue weighted by molar-refractivity contribution is -0.244. The molecule has 0 saturated carbocycles. The molecule has 1 saturated heterocycles. The number of nitrogens with zero attached hydrogens (tertiary/aromatic N) is 4. The second kappa shape index (κ2) is 11.8. The van der Waals surface area contributed by atoms with E-state index < -0.39 is 8.25 Å². The number of hydrogen-bond donors (Lipinski definition) is 3. The van der Waals surface area contributed by atoms with Gasteiger partial charge in [0, 0.05) is 34.4 Å². The van der Waals surface area contributed by atoms with Crippen LogP contribution in [-0.4, -0.2) is 45.2 Å². The minimum absolute atomic E-state index is 0. The highest BCUT2D eigenvalue weighted by molar-refractivity contribution is 7.30. The van der Waals surface area contributed by atoms with Crippen molar-refractivity contribution < 1.29 is 29.9 Å². The highest BCUT2D eigenvalue weighted by Crippen LogP contribution is 2.41. The summed E-state index contributed by atoms with van der Waals surface area (Å²) in [6.45, 7) is 4.06. The second-order valence-corrected chi connectivity index (χ2v) is 9.77. The normalized spacial score (nSPS) is 14.3. The molecule has 4 heterocycles. The third-order valence-corrected chi connectivity index (χ3v) is 6.81. The van der Waals surface area contributed by atoms with Crippen molar-refractivity contribution in [3.05, 3.63) is 47.5 Å². The molecule has 14 heteroatoms. The molecule has 3 N–H and O–H groups in total. The highest BCUT2D eigenvalue weighted by Gasteiger charge is 2.19. The molecule has 36 heavy (non-hydrogen) atoms. The quantitative estimate of drug-likeness (QED) is 0.184. The number of benzene rings is 1. The van der Waals surface area contributed by atoms with Crippen LogP contribution >= 0.6 is 19.6 Å². The minimum Gasteiger partial charge on any atom is -0.565 e. The van der Waals surface area contributed by atoms with Crippen LogP contribution in [0.1, 0.15) is 25.2 Å². The van der Waals surface area contributed by atoms with Crippen molar-refractivity contribution in [2.24, 2.45) is 0 Å². The van der Waals surface area contributed by atoms with E-state index in [1.807, 2.05) is 24.0 Å². The lowest BCUT2D eigenvalue weighted by Gasteiger charge is -2.22. The first kappa shape index (κ1) is 26.0. The molecule has 0 spiro atoms. The standard InChI is InChI=1S/C22H23FN6OS.HO4P.H2/c1-13-20(17-4-3-14(23)9-18(17)30-2)21-19(31-13)11-25-22(28-21)27-15-10-26-29(12-15)16-5-7-24-8-6-16;1-4-5(2)3;/h3-4,9-12,16,24H,5-8H2,1-2H3,(H,25,27,28);1H;1H. The maximum Gasteiger partial charge on any atom is 0.521 e.